The van der Waals surface area contributed by atoms with Gasteiger partial charge in [-0.05, 0) is 73.0 Å². The molecule has 1 fully saturated rings. The number of nitrogens with zero attached hydrogens (tertiary/aromatic N) is 2. The Morgan fingerprint density at radius 2 is 1.89 bits per heavy atom. The minimum Gasteiger partial charge on any atom is -0.507 e. The van der Waals surface area contributed by atoms with E-state index < -0.39 is 17.7 Å². The van der Waals surface area contributed by atoms with Gasteiger partial charge in [-0.3, -0.25) is 14.5 Å². The highest BCUT2D eigenvalue weighted by Gasteiger charge is 2.48. The summed E-state index contributed by atoms with van der Waals surface area (Å²) in [6.07, 6.45) is 0.746. The normalized spacial score (nSPS) is 20.7. The molecule has 6 rings (SSSR count). The van der Waals surface area contributed by atoms with Gasteiger partial charge in [0.25, 0.3) is 5.78 Å². The number of benzene rings is 3. The van der Waals surface area contributed by atoms with E-state index in [0.29, 0.717) is 27.7 Å². The number of hydrogen-bond donors (Lipinski definition) is 1. The highest BCUT2D eigenvalue weighted by molar-refractivity contribution is 7.22. The van der Waals surface area contributed by atoms with Crippen LogP contribution in [0.3, 0.4) is 0 Å². The van der Waals surface area contributed by atoms with Gasteiger partial charge in [-0.2, -0.15) is 0 Å². The average molecular weight is 517 g/mol. The second kappa shape index (κ2) is 8.47. The number of Topliss-reactive ketones (excluding diaryl/α,β-unsaturated/α-hetero) is 1. The molecule has 8 heteroatoms. The SMILES string of the molecule is Cc1ccc2nc(N3C(=O)C(=O)/C(=C(/O)c4ccc5c(c4)C[C@@H](C)O5)[C@H]3c3ccc(Cl)cc3)sc2c1. The van der Waals surface area contributed by atoms with E-state index in [1.54, 1.807) is 36.4 Å². The molecule has 0 radical (unpaired) electrons. The average Bonchev–Trinajstić information content (AvgIpc) is 3.51. The van der Waals surface area contributed by atoms with Crippen molar-refractivity contribution in [2.24, 2.45) is 0 Å². The van der Waals surface area contributed by atoms with Crippen molar-refractivity contribution >= 4 is 55.7 Å². The zero-order chi connectivity index (χ0) is 25.1. The molecule has 2 aliphatic rings. The summed E-state index contributed by atoms with van der Waals surface area (Å²) in [5, 5.41) is 12.4. The van der Waals surface area contributed by atoms with Crippen molar-refractivity contribution in [1.29, 1.82) is 0 Å². The number of amides is 1. The van der Waals surface area contributed by atoms with Crippen molar-refractivity contribution < 1.29 is 19.4 Å². The highest BCUT2D eigenvalue weighted by Crippen LogP contribution is 2.45. The molecule has 1 aromatic heterocycles. The van der Waals surface area contributed by atoms with Crippen LogP contribution in [0.5, 0.6) is 5.75 Å². The summed E-state index contributed by atoms with van der Waals surface area (Å²) in [5.41, 5.74) is 3.89. The molecule has 2 atom stereocenters. The lowest BCUT2D eigenvalue weighted by atomic mass is 9.94. The molecule has 1 N–H and O–H groups in total. The molecule has 0 unspecified atom stereocenters. The largest absolute Gasteiger partial charge is 0.507 e. The Morgan fingerprint density at radius 1 is 1.11 bits per heavy atom. The van der Waals surface area contributed by atoms with E-state index in [1.165, 1.54) is 16.2 Å². The van der Waals surface area contributed by atoms with Crippen LogP contribution in [0.2, 0.25) is 5.02 Å². The molecular formula is C28H21ClN2O4S. The Labute approximate surface area is 216 Å². The zero-order valence-corrected chi connectivity index (χ0v) is 21.1. The molecule has 3 aromatic carbocycles. The van der Waals surface area contributed by atoms with Crippen LogP contribution in [-0.4, -0.2) is 27.9 Å². The van der Waals surface area contributed by atoms with Crippen molar-refractivity contribution in [1.82, 2.24) is 4.98 Å². The number of aliphatic hydroxyl groups excluding tert-OH is 1. The monoisotopic (exact) mass is 516 g/mol. The number of fused-ring (bicyclic) bond motifs is 2. The number of anilines is 1. The third-order valence-electron chi connectivity index (χ3n) is 6.54. The van der Waals surface area contributed by atoms with Crippen molar-refractivity contribution in [2.75, 3.05) is 4.90 Å². The van der Waals surface area contributed by atoms with Gasteiger partial charge in [-0.25, -0.2) is 4.98 Å². The molecule has 0 bridgehead atoms. The van der Waals surface area contributed by atoms with Gasteiger partial charge >= 0.3 is 5.91 Å². The van der Waals surface area contributed by atoms with Crippen molar-refractivity contribution in [2.45, 2.75) is 32.4 Å². The summed E-state index contributed by atoms with van der Waals surface area (Å²) in [6, 6.07) is 17.2. The van der Waals surface area contributed by atoms with Gasteiger partial charge in [-0.1, -0.05) is 41.1 Å². The second-order valence-electron chi connectivity index (χ2n) is 9.14. The summed E-state index contributed by atoms with van der Waals surface area (Å²) in [7, 11) is 0. The minimum atomic E-state index is -0.854. The maximum atomic E-state index is 13.4. The summed E-state index contributed by atoms with van der Waals surface area (Å²) >= 11 is 7.46. The van der Waals surface area contributed by atoms with Gasteiger partial charge < -0.3 is 9.84 Å². The number of carbonyl (C=O) groups excluding carboxylic acids is 2. The molecule has 2 aliphatic heterocycles. The van der Waals surface area contributed by atoms with Crippen LogP contribution in [0.25, 0.3) is 16.0 Å². The molecule has 180 valence electrons. The molecule has 0 spiro atoms. The number of ether oxygens (including phenoxy) is 1. The first-order valence-corrected chi connectivity index (χ1v) is 12.7. The summed E-state index contributed by atoms with van der Waals surface area (Å²) in [6.45, 7) is 3.96. The molecule has 3 heterocycles. The van der Waals surface area contributed by atoms with Crippen LogP contribution >= 0.6 is 22.9 Å². The fraction of sp³-hybridized carbons (Fsp3) is 0.179. The lowest BCUT2D eigenvalue weighted by molar-refractivity contribution is -0.132. The van der Waals surface area contributed by atoms with Crippen LogP contribution in [-0.2, 0) is 16.0 Å². The number of ketones is 1. The number of aryl methyl sites for hydroxylation is 1. The van der Waals surface area contributed by atoms with Gasteiger partial charge in [0.1, 0.15) is 17.6 Å². The van der Waals surface area contributed by atoms with Gasteiger partial charge in [0.05, 0.1) is 21.8 Å². The summed E-state index contributed by atoms with van der Waals surface area (Å²) in [5.74, 6) is -0.952. The standard InChI is InChI=1S/C28H21ClN2O4S/c1-14-3-9-20-22(11-14)36-28(30-20)31-24(16-4-7-19(29)8-5-16)23(26(33)27(31)34)25(32)17-6-10-21-18(13-17)12-15(2)35-21/h3-11,13,15,24,32H,12H2,1-2H3/b25-23+/t15-,24-/m1/s1. The first-order chi connectivity index (χ1) is 17.3. The van der Waals surface area contributed by atoms with Crippen LogP contribution in [0.1, 0.15) is 35.2 Å². The van der Waals surface area contributed by atoms with E-state index in [2.05, 4.69) is 4.98 Å². The predicted molar refractivity (Wildman–Crippen MR) is 141 cm³/mol. The van der Waals surface area contributed by atoms with Gasteiger partial charge in [0.2, 0.25) is 0 Å². The highest BCUT2D eigenvalue weighted by atomic mass is 35.5. The van der Waals surface area contributed by atoms with E-state index in [4.69, 9.17) is 16.3 Å². The van der Waals surface area contributed by atoms with Crippen molar-refractivity contribution in [3.05, 3.63) is 93.5 Å². The Hall–Kier alpha value is -3.68. The fourth-order valence-electron chi connectivity index (χ4n) is 4.84. The Morgan fingerprint density at radius 3 is 2.67 bits per heavy atom. The van der Waals surface area contributed by atoms with E-state index in [1.807, 2.05) is 38.1 Å². The van der Waals surface area contributed by atoms with Crippen molar-refractivity contribution in [3.8, 4) is 5.75 Å². The van der Waals surface area contributed by atoms with Crippen LogP contribution in [0.4, 0.5) is 5.13 Å². The Balaban J connectivity index is 1.53. The molecule has 4 aromatic rings. The third-order valence-corrected chi connectivity index (χ3v) is 7.81. The summed E-state index contributed by atoms with van der Waals surface area (Å²) in [4.78, 5) is 32.9. The minimum absolute atomic E-state index is 0.0182. The molecule has 1 saturated heterocycles. The summed E-state index contributed by atoms with van der Waals surface area (Å²) < 4.78 is 6.68. The molecule has 0 saturated carbocycles. The number of rotatable bonds is 3. The number of aliphatic hydroxyl groups is 1. The maximum absolute atomic E-state index is 13.4. The smallest absolute Gasteiger partial charge is 0.301 e. The first kappa shape index (κ1) is 22.8. The van der Waals surface area contributed by atoms with Crippen LogP contribution in [0.15, 0.2) is 66.2 Å². The molecule has 1 amide bonds. The molecule has 0 aliphatic carbocycles. The Bertz CT molecular complexity index is 1590. The fourth-order valence-corrected chi connectivity index (χ4v) is 6.05. The third kappa shape index (κ3) is 3.67. The van der Waals surface area contributed by atoms with Crippen LogP contribution < -0.4 is 9.64 Å². The van der Waals surface area contributed by atoms with Crippen molar-refractivity contribution in [3.63, 3.8) is 0 Å². The Kier molecular flexibility index (Phi) is 5.35. The van der Waals surface area contributed by atoms with Gasteiger partial charge in [-0.15, -0.1) is 0 Å². The van der Waals surface area contributed by atoms with E-state index in [-0.39, 0.29) is 17.4 Å². The van der Waals surface area contributed by atoms with Gasteiger partial charge in [0, 0.05) is 17.0 Å². The van der Waals surface area contributed by atoms with Gasteiger partial charge in [0.15, 0.2) is 5.13 Å². The number of hydrogen-bond acceptors (Lipinski definition) is 6. The zero-order valence-electron chi connectivity index (χ0n) is 19.5. The number of halogens is 1. The number of aromatic nitrogens is 1. The predicted octanol–water partition coefficient (Wildman–Crippen LogP) is 6.21. The van der Waals surface area contributed by atoms with E-state index >= 15 is 0 Å². The quantitative estimate of drug-likeness (QED) is 0.199. The lowest BCUT2D eigenvalue weighted by Gasteiger charge is -2.23. The topological polar surface area (TPSA) is 79.7 Å². The van der Waals surface area contributed by atoms with E-state index in [9.17, 15) is 14.7 Å². The molecular weight excluding hydrogens is 496 g/mol. The van der Waals surface area contributed by atoms with Crippen LogP contribution in [0, 0.1) is 6.92 Å². The maximum Gasteiger partial charge on any atom is 0.301 e. The first-order valence-electron chi connectivity index (χ1n) is 11.5. The number of thiazole rings is 1. The lowest BCUT2D eigenvalue weighted by Crippen LogP contribution is -2.29. The van der Waals surface area contributed by atoms with E-state index in [0.717, 1.165) is 27.1 Å². The molecule has 6 nitrogen and oxygen atoms in total. The number of carbonyl (C=O) groups is 2. The second-order valence-corrected chi connectivity index (χ2v) is 10.6. The molecule has 36 heavy (non-hydrogen) atoms.